The van der Waals surface area contributed by atoms with Crippen LogP contribution < -0.4 is 5.32 Å². The number of nitrogens with one attached hydrogen (secondary N) is 1. The number of likely N-dealkylation sites (N-methyl/N-ethyl adjacent to an activating group) is 7. The van der Waals surface area contributed by atoms with E-state index >= 15 is 19.2 Å². The first-order chi connectivity index (χ1) is 42.1. The predicted molar refractivity (Wildman–Crippen MR) is 352 cm³/mol. The lowest BCUT2D eigenvalue weighted by molar-refractivity contribution is -0.164. The minimum atomic E-state index is -1.61. The molecule has 1 aliphatic rings. The maximum atomic E-state index is 15.5. The Hall–Kier alpha value is -6.06. The molecule has 0 spiro atoms. The molecule has 91 heavy (non-hydrogen) atoms. The molecule has 1 saturated heterocycles. The molecule has 0 aliphatic carbocycles. The number of rotatable bonds is 18. The van der Waals surface area contributed by atoms with Crippen molar-refractivity contribution in [3.05, 3.63) is 12.2 Å². The minimum Gasteiger partial charge on any atom is -0.459 e. The second kappa shape index (κ2) is 38.2. The van der Waals surface area contributed by atoms with Crippen LogP contribution in [0.3, 0.4) is 0 Å². The summed E-state index contributed by atoms with van der Waals surface area (Å²) in [5, 5.41) is 2.84. The number of methoxy groups -OCH3 is 1. The molecule has 0 bridgehead atoms. The van der Waals surface area contributed by atoms with Gasteiger partial charge in [0.25, 0.3) is 0 Å². The average molecular weight is 1290 g/mol. The van der Waals surface area contributed by atoms with Crippen molar-refractivity contribution in [3.8, 4) is 0 Å². The zero-order chi connectivity index (χ0) is 70.5. The Bertz CT molecular complexity index is 2520. The average Bonchev–Trinajstić information content (AvgIpc) is 1.12. The SMILES string of the molecule is C/C=C/C[C@@H](C)[C@@H](OC(C)=O)C1C(=O)N[C@@H](CC)C(=O)N(C)[C@H](CC)C(=O)N(C)[C@@H]([C@H](C)COC)C(=O)C[C@@H](C(C)C)C(=O)N(C)[C@@H](CC(C)C)C(=O)C[C@@H](C)C(=O)C[C@H](C)C(=O)N(C)[C@@H](CC(C)C)C(=O)N(C)[C@@H](CC(C)C)C(=O)N(C)[C@@H](C(C)C)C(=O)N1C. The van der Waals surface area contributed by atoms with Crippen LogP contribution in [0.4, 0.5) is 0 Å². The number of hydrogen-bond donors (Lipinski definition) is 1. The van der Waals surface area contributed by atoms with Gasteiger partial charge in [0.2, 0.25) is 47.3 Å². The van der Waals surface area contributed by atoms with E-state index in [1.54, 1.807) is 82.2 Å². The Morgan fingerprint density at radius 3 is 1.40 bits per heavy atom. The van der Waals surface area contributed by atoms with Crippen LogP contribution >= 0.6 is 0 Å². The summed E-state index contributed by atoms with van der Waals surface area (Å²) in [4.78, 5) is 186. The van der Waals surface area contributed by atoms with Gasteiger partial charge in [0, 0.05) is 106 Å². The van der Waals surface area contributed by atoms with Crippen molar-refractivity contribution in [3.63, 3.8) is 0 Å². The molecule has 1 aliphatic heterocycles. The van der Waals surface area contributed by atoms with Crippen LogP contribution in [0, 0.1) is 59.2 Å². The van der Waals surface area contributed by atoms with Gasteiger partial charge in [-0.05, 0) is 81.0 Å². The van der Waals surface area contributed by atoms with Crippen LogP contribution in [0.1, 0.15) is 182 Å². The normalized spacial score (nSPS) is 27.2. The summed E-state index contributed by atoms with van der Waals surface area (Å²) < 4.78 is 11.5. The molecule has 520 valence electrons. The summed E-state index contributed by atoms with van der Waals surface area (Å²) in [5.41, 5.74) is 0. The molecular weight excluding hydrogens is 1160 g/mol. The van der Waals surface area contributed by atoms with Gasteiger partial charge >= 0.3 is 5.97 Å². The second-order valence-electron chi connectivity index (χ2n) is 28.0. The van der Waals surface area contributed by atoms with E-state index in [1.807, 2.05) is 47.6 Å². The van der Waals surface area contributed by atoms with Gasteiger partial charge < -0.3 is 49.1 Å². The lowest BCUT2D eigenvalue weighted by Gasteiger charge is -2.42. The summed E-state index contributed by atoms with van der Waals surface area (Å²) >= 11 is 0. The number of allylic oxidation sites excluding steroid dienone is 2. The van der Waals surface area contributed by atoms with E-state index < -0.39 is 155 Å². The van der Waals surface area contributed by atoms with Gasteiger partial charge in [-0.1, -0.05) is 123 Å². The van der Waals surface area contributed by atoms with Crippen molar-refractivity contribution in [2.24, 2.45) is 59.2 Å². The van der Waals surface area contributed by atoms with E-state index in [0.29, 0.717) is 6.42 Å². The molecule has 1 rings (SSSR count). The van der Waals surface area contributed by atoms with Gasteiger partial charge in [0.05, 0.1) is 18.7 Å². The van der Waals surface area contributed by atoms with Gasteiger partial charge in [-0.15, -0.1) is 0 Å². The van der Waals surface area contributed by atoms with Crippen molar-refractivity contribution in [1.82, 2.24) is 39.6 Å². The molecule has 14 atom stereocenters. The van der Waals surface area contributed by atoms with Crippen LogP contribution in [0.5, 0.6) is 0 Å². The molecule has 0 aromatic rings. The van der Waals surface area contributed by atoms with Crippen molar-refractivity contribution in [1.29, 1.82) is 0 Å². The number of amides is 8. The molecule has 22 nitrogen and oxygen atoms in total. The summed E-state index contributed by atoms with van der Waals surface area (Å²) in [7, 11) is 11.7. The molecule has 0 radical (unpaired) electrons. The van der Waals surface area contributed by atoms with Gasteiger partial charge in [-0.3, -0.25) is 57.5 Å². The maximum Gasteiger partial charge on any atom is 0.303 e. The molecule has 1 heterocycles. The van der Waals surface area contributed by atoms with Crippen LogP contribution in [-0.2, 0) is 67.0 Å². The van der Waals surface area contributed by atoms with Crippen LogP contribution in [-0.4, -0.2) is 222 Å². The molecule has 0 aromatic heterocycles. The van der Waals surface area contributed by atoms with Gasteiger partial charge in [-0.2, -0.15) is 0 Å². The first-order valence-corrected chi connectivity index (χ1v) is 33.2. The zero-order valence-electron chi connectivity index (χ0n) is 60.5. The van der Waals surface area contributed by atoms with E-state index in [4.69, 9.17) is 9.47 Å². The summed E-state index contributed by atoms with van der Waals surface area (Å²) in [6.45, 7) is 31.5. The van der Waals surface area contributed by atoms with Crippen LogP contribution in [0.15, 0.2) is 12.2 Å². The topological polar surface area (TPSA) is 258 Å². The fourth-order valence-electron chi connectivity index (χ4n) is 12.7. The fourth-order valence-corrected chi connectivity index (χ4v) is 12.7. The molecular formula is C69H120N8O14. The number of nitrogens with zero attached hydrogens (tertiary/aromatic N) is 7. The van der Waals surface area contributed by atoms with E-state index in [1.165, 1.54) is 92.8 Å². The lowest BCUT2D eigenvalue weighted by atomic mass is 9.83. The Morgan fingerprint density at radius 2 is 0.945 bits per heavy atom. The molecule has 1 fully saturated rings. The Labute approximate surface area is 546 Å². The zero-order valence-corrected chi connectivity index (χ0v) is 60.5. The standard InChI is InChI=1S/C69H120N8O14/c1-27-30-31-44(14)61(91-48(18)78)60-62(82)70-50(28-2)65(85)71(19)51(29-3)66(86)76(24)59(47(17)38-90-26)57(81)37-49(42(10)11)64(84)72(20)52(32-39(4)5)56(80)35-45(15)55(79)36-46(16)63(83)73(21)53(33-40(6)7)67(87)74(22)54(34-41(8)9)68(88)75(23)58(43(12)13)69(89)77(60)25/h27,30,39-47,49-54,58-61H,28-29,31-38H2,1-26H3,(H,70,82)/b30-27+/t44-,45-,46+,47-,49+,50+,51-,52+,53+,54+,58+,59+,60?,61-/m1/s1. The van der Waals surface area contributed by atoms with Crippen molar-refractivity contribution >= 4 is 70.6 Å². The number of ether oxygens (including phenoxy) is 2. The van der Waals surface area contributed by atoms with E-state index in [2.05, 4.69) is 5.32 Å². The third-order valence-corrected chi connectivity index (χ3v) is 18.2. The predicted octanol–water partition coefficient (Wildman–Crippen LogP) is 7.13. The van der Waals surface area contributed by atoms with Gasteiger partial charge in [-0.25, -0.2) is 0 Å². The molecule has 0 saturated carbocycles. The Balaban J connectivity index is 4.56. The van der Waals surface area contributed by atoms with Crippen molar-refractivity contribution in [2.75, 3.05) is 63.1 Å². The largest absolute Gasteiger partial charge is 0.459 e. The first kappa shape index (κ1) is 83.0. The first-order valence-electron chi connectivity index (χ1n) is 33.2. The minimum absolute atomic E-state index is 0.00568. The summed E-state index contributed by atoms with van der Waals surface area (Å²) in [6, 6.07) is -9.82. The Morgan fingerprint density at radius 1 is 0.505 bits per heavy atom. The number of esters is 1. The lowest BCUT2D eigenvalue weighted by Crippen LogP contribution is -2.64. The molecule has 0 aromatic carbocycles. The fraction of sp³-hybridized carbons (Fsp3) is 0.797. The highest BCUT2D eigenvalue weighted by Crippen LogP contribution is 2.30. The van der Waals surface area contributed by atoms with Crippen molar-refractivity contribution < 1.29 is 67.0 Å². The smallest absolute Gasteiger partial charge is 0.303 e. The number of carbonyl (C=O) groups is 12. The number of ketones is 3. The van der Waals surface area contributed by atoms with Crippen LogP contribution in [0.2, 0.25) is 0 Å². The Kier molecular flexibility index (Phi) is 34.8. The van der Waals surface area contributed by atoms with Gasteiger partial charge in [0.1, 0.15) is 48.1 Å². The monoisotopic (exact) mass is 1280 g/mol. The molecule has 22 heteroatoms. The third-order valence-electron chi connectivity index (χ3n) is 18.2. The highest BCUT2D eigenvalue weighted by molar-refractivity contribution is 6.00. The van der Waals surface area contributed by atoms with E-state index in [9.17, 15) is 38.4 Å². The van der Waals surface area contributed by atoms with Crippen LogP contribution in [0.25, 0.3) is 0 Å². The highest BCUT2D eigenvalue weighted by atomic mass is 16.5. The van der Waals surface area contributed by atoms with Gasteiger partial charge in [0.15, 0.2) is 11.6 Å². The molecule has 1 unspecified atom stereocenters. The number of carbonyl (C=O) groups excluding carboxylic acids is 12. The third kappa shape index (κ3) is 22.9. The maximum absolute atomic E-state index is 15.5. The van der Waals surface area contributed by atoms with E-state index in [0.717, 1.165) is 4.90 Å². The highest BCUT2D eigenvalue weighted by Gasteiger charge is 2.48. The van der Waals surface area contributed by atoms with Crippen molar-refractivity contribution in [2.45, 2.75) is 237 Å². The quantitative estimate of drug-likeness (QED) is 0.106. The summed E-state index contributed by atoms with van der Waals surface area (Å²) in [5.74, 6) is -12.4. The molecule has 1 N–H and O–H groups in total. The molecule has 8 amide bonds. The number of hydrogen-bond acceptors (Lipinski definition) is 14. The van der Waals surface area contributed by atoms with E-state index in [-0.39, 0.29) is 87.3 Å². The summed E-state index contributed by atoms with van der Waals surface area (Å²) in [6.07, 6.45) is 2.39. The number of Topliss-reactive ketones (excluding diaryl/α,β-unsaturated/α-hetero) is 3. The second-order valence-corrected chi connectivity index (χ2v) is 28.0.